The fraction of sp³-hybridized carbons (Fsp3) is 0.455. The van der Waals surface area contributed by atoms with E-state index in [-0.39, 0.29) is 21.1 Å². The van der Waals surface area contributed by atoms with Gasteiger partial charge in [0.1, 0.15) is 23.3 Å². The molecule has 0 saturated carbocycles. The topological polar surface area (TPSA) is 129 Å². The van der Waals surface area contributed by atoms with Crippen LogP contribution in [-0.2, 0) is 9.53 Å². The lowest BCUT2D eigenvalue weighted by molar-refractivity contribution is -0.271. The molecule has 22 heavy (non-hydrogen) atoms. The van der Waals surface area contributed by atoms with Crippen LogP contribution >= 0.6 is 34.8 Å². The number of ether oxygens (including phenoxy) is 2. The highest BCUT2D eigenvalue weighted by molar-refractivity contribution is 6.42. The number of aliphatic hydroxyl groups excluding tert-OH is 3. The summed E-state index contributed by atoms with van der Waals surface area (Å²) in [5.74, 6) is -1.83. The lowest BCUT2D eigenvalue weighted by atomic mass is 9.99. The molecule has 1 aromatic rings. The Balaban J connectivity index is 2.24. The van der Waals surface area contributed by atoms with Crippen molar-refractivity contribution in [3.63, 3.8) is 0 Å². The number of rotatable bonds is 3. The number of pyridine rings is 1. The van der Waals surface area contributed by atoms with E-state index in [0.717, 1.165) is 0 Å². The van der Waals surface area contributed by atoms with Crippen LogP contribution in [0.4, 0.5) is 0 Å². The van der Waals surface area contributed by atoms with E-state index in [1.165, 1.54) is 6.07 Å². The second kappa shape index (κ2) is 6.71. The molecule has 1 aliphatic heterocycles. The van der Waals surface area contributed by atoms with E-state index < -0.39 is 36.7 Å². The molecule has 0 radical (unpaired) electrons. The van der Waals surface area contributed by atoms with E-state index in [1.807, 2.05) is 0 Å². The maximum Gasteiger partial charge on any atom is 0.335 e. The highest BCUT2D eigenvalue weighted by atomic mass is 35.5. The number of aliphatic hydroxyl groups is 3. The minimum atomic E-state index is -1.83. The molecular formula is C11H10Cl3NO7. The summed E-state index contributed by atoms with van der Waals surface area (Å²) in [6, 6.07) is 1.23. The van der Waals surface area contributed by atoms with Gasteiger partial charge >= 0.3 is 5.97 Å². The van der Waals surface area contributed by atoms with Crippen molar-refractivity contribution in [1.29, 1.82) is 0 Å². The number of carboxylic acid groups (broad SMARTS) is 1. The van der Waals surface area contributed by atoms with Gasteiger partial charge in [-0.05, 0) is 6.07 Å². The largest absolute Gasteiger partial charge is 0.479 e. The predicted octanol–water partition coefficient (Wildman–Crippen LogP) is 0.313. The molecule has 1 fully saturated rings. The van der Waals surface area contributed by atoms with Gasteiger partial charge < -0.3 is 29.9 Å². The Hall–Kier alpha value is -0.870. The first-order valence-corrected chi connectivity index (χ1v) is 6.96. The van der Waals surface area contributed by atoms with Crippen LogP contribution in [0.25, 0.3) is 0 Å². The smallest absolute Gasteiger partial charge is 0.335 e. The zero-order valence-corrected chi connectivity index (χ0v) is 12.8. The first-order valence-electron chi connectivity index (χ1n) is 5.83. The van der Waals surface area contributed by atoms with Crippen molar-refractivity contribution in [2.24, 2.45) is 0 Å². The van der Waals surface area contributed by atoms with Gasteiger partial charge in [0, 0.05) is 0 Å². The molecule has 0 amide bonds. The van der Waals surface area contributed by atoms with Crippen LogP contribution in [0.3, 0.4) is 0 Å². The second-order valence-electron chi connectivity index (χ2n) is 4.40. The highest BCUT2D eigenvalue weighted by Gasteiger charge is 2.48. The lowest BCUT2D eigenvalue weighted by Gasteiger charge is -2.38. The van der Waals surface area contributed by atoms with E-state index in [4.69, 9.17) is 49.4 Å². The number of aliphatic carboxylic acids is 1. The second-order valence-corrected chi connectivity index (χ2v) is 5.57. The van der Waals surface area contributed by atoms with Gasteiger partial charge in [0.05, 0.1) is 5.02 Å². The van der Waals surface area contributed by atoms with Crippen LogP contribution < -0.4 is 4.74 Å². The molecular weight excluding hydrogens is 364 g/mol. The van der Waals surface area contributed by atoms with Gasteiger partial charge in [-0.3, -0.25) is 0 Å². The van der Waals surface area contributed by atoms with Gasteiger partial charge in [-0.2, -0.15) is 4.98 Å². The Morgan fingerprint density at radius 1 is 1.14 bits per heavy atom. The van der Waals surface area contributed by atoms with Gasteiger partial charge in [-0.15, -0.1) is 0 Å². The molecule has 1 aromatic heterocycles. The Morgan fingerprint density at radius 3 is 2.36 bits per heavy atom. The third-order valence-corrected chi connectivity index (χ3v) is 3.84. The van der Waals surface area contributed by atoms with Gasteiger partial charge in [0.15, 0.2) is 11.3 Å². The third kappa shape index (κ3) is 3.38. The summed E-state index contributed by atoms with van der Waals surface area (Å²) in [4.78, 5) is 14.7. The van der Waals surface area contributed by atoms with E-state index >= 15 is 0 Å². The molecule has 0 bridgehead atoms. The van der Waals surface area contributed by atoms with Crippen LogP contribution in [0.1, 0.15) is 0 Å². The Labute approximate surface area is 138 Å². The molecule has 2 heterocycles. The number of aromatic nitrogens is 1. The van der Waals surface area contributed by atoms with Crippen LogP contribution in [0.15, 0.2) is 6.07 Å². The zero-order chi connectivity index (χ0) is 16.6. The maximum absolute atomic E-state index is 11.0. The first kappa shape index (κ1) is 17.5. The SMILES string of the molecule is O=C(O)C1OC(Oc2nc(Cl)c(Cl)cc2Cl)C(O)C(O)C1O. The van der Waals surface area contributed by atoms with Crippen LogP contribution in [0.2, 0.25) is 15.2 Å². The molecule has 1 saturated heterocycles. The molecule has 8 nitrogen and oxygen atoms in total. The molecule has 11 heteroatoms. The molecule has 0 spiro atoms. The lowest BCUT2D eigenvalue weighted by Crippen LogP contribution is -2.61. The zero-order valence-electron chi connectivity index (χ0n) is 10.6. The molecule has 5 unspecified atom stereocenters. The van der Waals surface area contributed by atoms with Crippen molar-refractivity contribution in [3.8, 4) is 5.88 Å². The minimum Gasteiger partial charge on any atom is -0.479 e. The number of hydrogen-bond donors (Lipinski definition) is 4. The molecule has 4 N–H and O–H groups in total. The summed E-state index contributed by atoms with van der Waals surface area (Å²) in [6.45, 7) is 0. The average molecular weight is 375 g/mol. The minimum absolute atomic E-state index is 0.0583. The molecule has 122 valence electrons. The number of carboxylic acids is 1. The van der Waals surface area contributed by atoms with Gasteiger partial charge in [-0.1, -0.05) is 34.8 Å². The quantitative estimate of drug-likeness (QED) is 0.556. The normalized spacial score (nSPS) is 31.8. The van der Waals surface area contributed by atoms with Crippen molar-refractivity contribution in [1.82, 2.24) is 4.98 Å². The fourth-order valence-electron chi connectivity index (χ4n) is 1.77. The Kier molecular flexibility index (Phi) is 5.33. The molecule has 5 atom stereocenters. The van der Waals surface area contributed by atoms with Gasteiger partial charge in [0.25, 0.3) is 0 Å². The first-order chi connectivity index (χ1) is 10.2. The summed E-state index contributed by atoms with van der Waals surface area (Å²) >= 11 is 17.2. The van der Waals surface area contributed by atoms with Crippen LogP contribution in [-0.4, -0.2) is 62.1 Å². The van der Waals surface area contributed by atoms with E-state index in [2.05, 4.69) is 4.98 Å². The highest BCUT2D eigenvalue weighted by Crippen LogP contribution is 2.32. The van der Waals surface area contributed by atoms with Crippen molar-refractivity contribution in [3.05, 3.63) is 21.3 Å². The summed E-state index contributed by atoms with van der Waals surface area (Å²) < 4.78 is 10.1. The van der Waals surface area contributed by atoms with E-state index in [0.29, 0.717) is 0 Å². The van der Waals surface area contributed by atoms with E-state index in [1.54, 1.807) is 0 Å². The standard InChI is InChI=1S/C11H10Cl3NO7/c12-2-1-3(13)9(15-8(2)14)22-11-6(18)4(16)5(17)7(21-11)10(19)20/h1,4-7,11,16-18H,(H,19,20). The monoisotopic (exact) mass is 373 g/mol. The number of hydrogen-bond acceptors (Lipinski definition) is 7. The summed E-state index contributed by atoms with van der Waals surface area (Å²) in [7, 11) is 0. The van der Waals surface area contributed by atoms with Gasteiger partial charge in [0.2, 0.25) is 12.2 Å². The average Bonchev–Trinajstić information content (AvgIpc) is 2.44. The number of nitrogens with zero attached hydrogens (tertiary/aromatic N) is 1. The van der Waals surface area contributed by atoms with Crippen molar-refractivity contribution in [2.45, 2.75) is 30.7 Å². The van der Waals surface area contributed by atoms with Crippen molar-refractivity contribution >= 4 is 40.8 Å². The summed E-state index contributed by atoms with van der Waals surface area (Å²) in [5.41, 5.74) is 0. The fourth-order valence-corrected chi connectivity index (χ4v) is 2.30. The molecule has 0 aromatic carbocycles. The Morgan fingerprint density at radius 2 is 1.77 bits per heavy atom. The van der Waals surface area contributed by atoms with E-state index in [9.17, 15) is 20.1 Å². The van der Waals surface area contributed by atoms with Crippen molar-refractivity contribution in [2.75, 3.05) is 0 Å². The number of carbonyl (C=O) groups is 1. The predicted molar refractivity (Wildman–Crippen MR) is 74.2 cm³/mol. The maximum atomic E-state index is 11.0. The third-order valence-electron chi connectivity index (χ3n) is 2.90. The van der Waals surface area contributed by atoms with Gasteiger partial charge in [-0.25, -0.2) is 4.79 Å². The van der Waals surface area contributed by atoms with Crippen LogP contribution in [0, 0.1) is 0 Å². The summed E-state index contributed by atoms with van der Waals surface area (Å²) in [6.07, 6.45) is -8.81. The molecule has 2 rings (SSSR count). The molecule has 1 aliphatic rings. The van der Waals surface area contributed by atoms with Crippen LogP contribution in [0.5, 0.6) is 5.88 Å². The Bertz CT molecular complexity index is 587. The van der Waals surface area contributed by atoms with Crippen molar-refractivity contribution < 1.29 is 34.7 Å². The molecule has 0 aliphatic carbocycles. The summed E-state index contributed by atoms with van der Waals surface area (Å²) in [5, 5.41) is 37.8. The number of halogens is 3.